The molecule has 1 aliphatic heterocycles. The van der Waals surface area contributed by atoms with Crippen molar-refractivity contribution in [2.75, 3.05) is 6.54 Å². The number of amides is 1. The Balaban J connectivity index is 1.89. The molecule has 2 heterocycles. The van der Waals surface area contributed by atoms with Crippen molar-refractivity contribution in [3.05, 3.63) is 36.0 Å². The molecule has 4 nitrogen and oxygen atoms in total. The van der Waals surface area contributed by atoms with Gasteiger partial charge in [-0.2, -0.15) is 0 Å². The Morgan fingerprint density at radius 3 is 2.80 bits per heavy atom. The van der Waals surface area contributed by atoms with Crippen LogP contribution in [0.25, 0.3) is 10.9 Å². The molecule has 3 rings (SSSR count). The van der Waals surface area contributed by atoms with Crippen LogP contribution in [0.5, 0.6) is 0 Å². The van der Waals surface area contributed by atoms with Crippen molar-refractivity contribution >= 4 is 17.0 Å². The molecule has 0 spiro atoms. The second kappa shape index (κ2) is 4.54. The molecule has 1 amide bonds. The fourth-order valence-corrected chi connectivity index (χ4v) is 2.65. The van der Waals surface area contributed by atoms with Gasteiger partial charge in [0.15, 0.2) is 0 Å². The van der Waals surface area contributed by atoms with E-state index in [0.717, 1.165) is 6.42 Å². The van der Waals surface area contributed by atoms with E-state index in [-0.39, 0.29) is 6.09 Å². The molecule has 1 aromatic carbocycles. The fourth-order valence-electron chi connectivity index (χ4n) is 2.65. The third-order valence-electron chi connectivity index (χ3n) is 3.50. The summed E-state index contributed by atoms with van der Waals surface area (Å²) in [6.07, 6.45) is 2.66. The number of rotatable bonds is 0. The second-order valence-electron chi connectivity index (χ2n) is 6.28. The minimum Gasteiger partial charge on any atom is -0.444 e. The number of hydrogen-bond acceptors (Lipinski definition) is 2. The van der Waals surface area contributed by atoms with Crippen molar-refractivity contribution < 1.29 is 9.53 Å². The molecule has 1 aromatic heterocycles. The van der Waals surface area contributed by atoms with Crippen LogP contribution in [-0.2, 0) is 17.8 Å². The Morgan fingerprint density at radius 1 is 1.25 bits per heavy atom. The summed E-state index contributed by atoms with van der Waals surface area (Å²) in [6, 6.07) is 8.42. The van der Waals surface area contributed by atoms with Gasteiger partial charge in [-0.15, -0.1) is 0 Å². The number of nitrogens with zero attached hydrogens (tertiary/aromatic N) is 2. The van der Waals surface area contributed by atoms with Gasteiger partial charge < -0.3 is 9.30 Å². The van der Waals surface area contributed by atoms with E-state index in [1.807, 2.05) is 27.0 Å². The molecule has 2 aromatic rings. The van der Waals surface area contributed by atoms with Crippen molar-refractivity contribution in [1.29, 1.82) is 0 Å². The van der Waals surface area contributed by atoms with Crippen LogP contribution in [0.15, 0.2) is 30.5 Å². The Kier molecular flexibility index (Phi) is 2.96. The highest BCUT2D eigenvalue weighted by Crippen LogP contribution is 2.24. The van der Waals surface area contributed by atoms with Gasteiger partial charge >= 0.3 is 6.09 Å². The Hall–Kier alpha value is -1.97. The number of benzene rings is 1. The van der Waals surface area contributed by atoms with Gasteiger partial charge in [-0.25, -0.2) is 4.79 Å². The lowest BCUT2D eigenvalue weighted by atomic mass is 10.1. The zero-order chi connectivity index (χ0) is 14.3. The first kappa shape index (κ1) is 13.0. The first-order valence-electron chi connectivity index (χ1n) is 6.99. The number of carbonyl (C=O) groups is 1. The van der Waals surface area contributed by atoms with Gasteiger partial charge in [0.25, 0.3) is 0 Å². The minimum absolute atomic E-state index is 0.243. The van der Waals surface area contributed by atoms with Crippen molar-refractivity contribution in [2.24, 2.45) is 0 Å². The molecule has 20 heavy (non-hydrogen) atoms. The summed E-state index contributed by atoms with van der Waals surface area (Å²) in [4.78, 5) is 14.0. The highest BCUT2D eigenvalue weighted by atomic mass is 16.6. The molecule has 0 fully saturated rings. The van der Waals surface area contributed by atoms with Gasteiger partial charge in [0.1, 0.15) is 12.3 Å². The lowest BCUT2D eigenvalue weighted by Gasteiger charge is -2.26. The quantitative estimate of drug-likeness (QED) is 0.736. The summed E-state index contributed by atoms with van der Waals surface area (Å²) in [6.45, 7) is 6.92. The zero-order valence-electron chi connectivity index (χ0n) is 12.2. The second-order valence-corrected chi connectivity index (χ2v) is 6.28. The number of ether oxygens (including phenoxy) is 1. The molecule has 0 bridgehead atoms. The average molecular weight is 272 g/mol. The predicted molar refractivity (Wildman–Crippen MR) is 78.6 cm³/mol. The van der Waals surface area contributed by atoms with E-state index in [2.05, 4.69) is 28.8 Å². The molecule has 0 saturated heterocycles. The maximum absolute atomic E-state index is 12.2. The van der Waals surface area contributed by atoms with E-state index in [1.54, 1.807) is 4.90 Å². The van der Waals surface area contributed by atoms with Crippen LogP contribution in [0.2, 0.25) is 0 Å². The van der Waals surface area contributed by atoms with Gasteiger partial charge in [-0.1, -0.05) is 18.2 Å². The van der Waals surface area contributed by atoms with E-state index in [1.165, 1.54) is 16.5 Å². The van der Waals surface area contributed by atoms with Crippen molar-refractivity contribution in [2.45, 2.75) is 39.5 Å². The third-order valence-corrected chi connectivity index (χ3v) is 3.50. The summed E-state index contributed by atoms with van der Waals surface area (Å²) in [5.74, 6) is 0. The molecule has 106 valence electrons. The van der Waals surface area contributed by atoms with Gasteiger partial charge in [-0.3, -0.25) is 4.90 Å². The normalized spacial score (nSPS) is 15.2. The summed E-state index contributed by atoms with van der Waals surface area (Å²) in [5.41, 5.74) is 2.07. The maximum Gasteiger partial charge on any atom is 0.411 e. The first-order valence-corrected chi connectivity index (χ1v) is 6.99. The van der Waals surface area contributed by atoms with Crippen LogP contribution in [0.1, 0.15) is 26.3 Å². The summed E-state index contributed by atoms with van der Waals surface area (Å²) in [7, 11) is 0. The van der Waals surface area contributed by atoms with Crippen LogP contribution < -0.4 is 0 Å². The highest BCUT2D eigenvalue weighted by molar-refractivity contribution is 5.84. The average Bonchev–Trinajstić information content (AvgIpc) is 2.65. The van der Waals surface area contributed by atoms with Gasteiger partial charge in [0.05, 0.1) is 5.52 Å². The largest absolute Gasteiger partial charge is 0.444 e. The van der Waals surface area contributed by atoms with Gasteiger partial charge in [0, 0.05) is 12.7 Å². The molecule has 0 atom stereocenters. The number of aromatic nitrogens is 1. The van der Waals surface area contributed by atoms with Crippen LogP contribution in [0.3, 0.4) is 0 Å². The van der Waals surface area contributed by atoms with Crippen LogP contribution in [-0.4, -0.2) is 27.7 Å². The minimum atomic E-state index is -0.456. The number of para-hydroxylation sites is 1. The van der Waals surface area contributed by atoms with E-state index >= 15 is 0 Å². The van der Waals surface area contributed by atoms with E-state index in [9.17, 15) is 4.79 Å². The fraction of sp³-hybridized carbons (Fsp3) is 0.438. The Labute approximate surface area is 118 Å². The molecule has 1 aliphatic rings. The van der Waals surface area contributed by atoms with Crippen LogP contribution in [0.4, 0.5) is 4.79 Å². The molecular formula is C16H20N2O2. The number of hydrogen-bond donors (Lipinski definition) is 0. The monoisotopic (exact) mass is 272 g/mol. The van der Waals surface area contributed by atoms with Crippen LogP contribution >= 0.6 is 0 Å². The smallest absolute Gasteiger partial charge is 0.411 e. The Morgan fingerprint density at radius 2 is 2.05 bits per heavy atom. The van der Waals surface area contributed by atoms with Crippen molar-refractivity contribution in [3.63, 3.8) is 0 Å². The van der Waals surface area contributed by atoms with Gasteiger partial charge in [-0.05, 0) is 44.2 Å². The summed E-state index contributed by atoms with van der Waals surface area (Å²) in [5, 5.41) is 1.23. The van der Waals surface area contributed by atoms with Gasteiger partial charge in [0.2, 0.25) is 0 Å². The Bertz CT molecular complexity index is 652. The summed E-state index contributed by atoms with van der Waals surface area (Å²) < 4.78 is 7.60. The van der Waals surface area contributed by atoms with E-state index in [4.69, 9.17) is 4.74 Å². The van der Waals surface area contributed by atoms with Crippen LogP contribution in [0, 0.1) is 0 Å². The standard InChI is InChI=1S/C16H20N2O2/c1-16(2,3)20-15(19)18-10-8-13-6-4-5-12-7-9-17(11-18)14(12)13/h4-7,9H,8,10-11H2,1-3H3. The molecule has 0 saturated carbocycles. The highest BCUT2D eigenvalue weighted by Gasteiger charge is 2.24. The predicted octanol–water partition coefficient (Wildman–Crippen LogP) is 3.39. The molecular weight excluding hydrogens is 252 g/mol. The maximum atomic E-state index is 12.2. The first-order chi connectivity index (χ1) is 9.44. The molecule has 0 aliphatic carbocycles. The zero-order valence-corrected chi connectivity index (χ0v) is 12.2. The lowest BCUT2D eigenvalue weighted by molar-refractivity contribution is 0.0199. The third kappa shape index (κ3) is 2.38. The van der Waals surface area contributed by atoms with E-state index in [0.29, 0.717) is 13.2 Å². The number of carbonyl (C=O) groups excluding carboxylic acids is 1. The molecule has 4 heteroatoms. The van der Waals surface area contributed by atoms with Crippen molar-refractivity contribution in [3.8, 4) is 0 Å². The van der Waals surface area contributed by atoms with E-state index < -0.39 is 5.60 Å². The molecule has 0 unspecified atom stereocenters. The molecule has 0 N–H and O–H groups in total. The SMILES string of the molecule is CC(C)(C)OC(=O)N1CCc2cccc3ccn(c23)C1. The van der Waals surface area contributed by atoms with Crippen molar-refractivity contribution in [1.82, 2.24) is 9.47 Å². The summed E-state index contributed by atoms with van der Waals surface area (Å²) >= 11 is 0. The molecule has 0 radical (unpaired) electrons. The lowest BCUT2D eigenvalue weighted by Crippen LogP contribution is -2.38. The topological polar surface area (TPSA) is 34.5 Å².